The highest BCUT2D eigenvalue weighted by Gasteiger charge is 2.29. The number of para-hydroxylation sites is 1. The molecule has 2 rings (SSSR count). The van der Waals surface area contributed by atoms with Gasteiger partial charge >= 0.3 is 0 Å². The van der Waals surface area contributed by atoms with Crippen LogP contribution in [0.5, 0.6) is 0 Å². The number of nitrogens with zero attached hydrogens (tertiary/aromatic N) is 2. The number of aromatic nitrogens is 1. The van der Waals surface area contributed by atoms with E-state index in [0.29, 0.717) is 10.9 Å². The van der Waals surface area contributed by atoms with E-state index in [1.165, 1.54) is 16.6 Å². The second-order valence-corrected chi connectivity index (χ2v) is 9.17. The van der Waals surface area contributed by atoms with Crippen LogP contribution in [0.1, 0.15) is 33.3 Å². The molecule has 0 aliphatic rings. The average Bonchev–Trinajstić information content (AvgIpc) is 2.61. The van der Waals surface area contributed by atoms with Crippen molar-refractivity contribution in [3.63, 3.8) is 0 Å². The first-order valence-electron chi connectivity index (χ1n) is 9.01. The molecule has 28 heavy (non-hydrogen) atoms. The highest BCUT2D eigenvalue weighted by Crippen LogP contribution is 2.21. The van der Waals surface area contributed by atoms with E-state index in [1.54, 1.807) is 6.07 Å². The van der Waals surface area contributed by atoms with Crippen molar-refractivity contribution < 1.29 is 8.42 Å². The minimum atomic E-state index is -3.61. The Morgan fingerprint density at radius 2 is 1.71 bits per heavy atom. The van der Waals surface area contributed by atoms with Crippen LogP contribution in [0.4, 0.5) is 11.5 Å². The minimum Gasteiger partial charge on any atom is -0.331 e. The second-order valence-electron chi connectivity index (χ2n) is 6.92. The van der Waals surface area contributed by atoms with E-state index >= 15 is 0 Å². The number of hydrogen-bond donors (Lipinski definition) is 3. The summed E-state index contributed by atoms with van der Waals surface area (Å²) in [4.78, 5) is 4.33. The van der Waals surface area contributed by atoms with E-state index < -0.39 is 10.0 Å². The van der Waals surface area contributed by atoms with Crippen LogP contribution < -0.4 is 16.2 Å². The molecule has 0 aliphatic carbocycles. The summed E-state index contributed by atoms with van der Waals surface area (Å²) >= 11 is 5.26. The zero-order valence-electron chi connectivity index (χ0n) is 16.7. The van der Waals surface area contributed by atoms with Gasteiger partial charge in [0.15, 0.2) is 5.11 Å². The Balaban J connectivity index is 2.02. The third-order valence-electron chi connectivity index (χ3n) is 4.03. The quantitative estimate of drug-likeness (QED) is 0.466. The van der Waals surface area contributed by atoms with Gasteiger partial charge in [0.05, 0.1) is 0 Å². The van der Waals surface area contributed by atoms with Crippen molar-refractivity contribution in [2.45, 2.75) is 51.6 Å². The van der Waals surface area contributed by atoms with Crippen LogP contribution in [-0.4, -0.2) is 34.9 Å². The molecule has 0 radical (unpaired) electrons. The lowest BCUT2D eigenvalue weighted by Gasteiger charge is -2.29. The Labute approximate surface area is 172 Å². The number of hydrazine groups is 1. The van der Waals surface area contributed by atoms with Crippen molar-refractivity contribution in [1.82, 2.24) is 14.7 Å². The smallest absolute Gasteiger partial charge is 0.245 e. The van der Waals surface area contributed by atoms with Crippen LogP contribution >= 0.6 is 12.2 Å². The van der Waals surface area contributed by atoms with Gasteiger partial charge in [-0.25, -0.2) is 13.4 Å². The number of sulfonamides is 1. The molecule has 0 atom stereocenters. The molecule has 0 amide bonds. The topological polar surface area (TPSA) is 86.4 Å². The maximum absolute atomic E-state index is 12.8. The molecular formula is C19H27N5O2S2. The molecule has 7 nitrogen and oxygen atoms in total. The molecule has 0 saturated carbocycles. The summed E-state index contributed by atoms with van der Waals surface area (Å²) in [5, 5.41) is 3.46. The molecule has 0 bridgehead atoms. The standard InChI is InChI=1S/C19H27N5O2S2/c1-13(2)24(14(3)4)28(25,26)16-10-11-18(20-12-16)22-23-19(27)21-17-9-7-6-8-15(17)5/h6-14H,1-5H3,(H,20,22)(H2,21,23,27). The Bertz CT molecular complexity index is 904. The van der Waals surface area contributed by atoms with Gasteiger partial charge in [-0.2, -0.15) is 4.31 Å². The van der Waals surface area contributed by atoms with Crippen molar-refractivity contribution in [2.24, 2.45) is 0 Å². The van der Waals surface area contributed by atoms with E-state index in [2.05, 4.69) is 21.2 Å². The van der Waals surface area contributed by atoms with Crippen molar-refractivity contribution in [3.05, 3.63) is 48.2 Å². The molecule has 0 saturated heterocycles. The van der Waals surface area contributed by atoms with Crippen molar-refractivity contribution in [3.8, 4) is 0 Å². The predicted octanol–water partition coefficient (Wildman–Crippen LogP) is 3.51. The van der Waals surface area contributed by atoms with Gasteiger partial charge in [-0.05, 0) is 70.6 Å². The van der Waals surface area contributed by atoms with Gasteiger partial charge in [0.1, 0.15) is 10.7 Å². The van der Waals surface area contributed by atoms with E-state index in [4.69, 9.17) is 12.2 Å². The lowest BCUT2D eigenvalue weighted by Crippen LogP contribution is -2.42. The summed E-state index contributed by atoms with van der Waals surface area (Å²) in [5.74, 6) is 0.452. The van der Waals surface area contributed by atoms with Gasteiger partial charge in [-0.3, -0.25) is 10.9 Å². The molecule has 0 fully saturated rings. The normalized spacial score (nSPS) is 11.7. The van der Waals surface area contributed by atoms with E-state index in [-0.39, 0.29) is 17.0 Å². The third kappa shape index (κ3) is 5.40. The van der Waals surface area contributed by atoms with Crippen molar-refractivity contribution >= 4 is 38.9 Å². The number of pyridine rings is 1. The molecule has 3 N–H and O–H groups in total. The molecule has 0 spiro atoms. The SMILES string of the molecule is Cc1ccccc1NC(=S)NNc1ccc(S(=O)(=O)N(C(C)C)C(C)C)cn1. The number of hydrogen-bond acceptors (Lipinski definition) is 5. The zero-order chi connectivity index (χ0) is 20.9. The van der Waals surface area contributed by atoms with Gasteiger partial charge in [0.2, 0.25) is 10.0 Å². The van der Waals surface area contributed by atoms with E-state index in [0.717, 1.165) is 11.3 Å². The lowest BCUT2D eigenvalue weighted by atomic mass is 10.2. The number of benzene rings is 1. The Morgan fingerprint density at radius 3 is 2.25 bits per heavy atom. The lowest BCUT2D eigenvalue weighted by molar-refractivity contribution is 0.302. The third-order valence-corrected chi connectivity index (χ3v) is 6.47. The Hall–Kier alpha value is -2.23. The summed E-state index contributed by atoms with van der Waals surface area (Å²) < 4.78 is 27.2. The second kappa shape index (κ2) is 9.31. The molecule has 1 aromatic carbocycles. The predicted molar refractivity (Wildman–Crippen MR) is 118 cm³/mol. The molecule has 9 heteroatoms. The van der Waals surface area contributed by atoms with Crippen molar-refractivity contribution in [2.75, 3.05) is 10.7 Å². The van der Waals surface area contributed by atoms with Crippen LogP contribution in [0, 0.1) is 6.92 Å². The highest BCUT2D eigenvalue weighted by atomic mass is 32.2. The maximum atomic E-state index is 12.8. The summed E-state index contributed by atoms with van der Waals surface area (Å²) in [6.45, 7) is 9.40. The fourth-order valence-corrected chi connectivity index (χ4v) is 4.81. The first kappa shape index (κ1) is 22.1. The first-order chi connectivity index (χ1) is 13.1. The maximum Gasteiger partial charge on any atom is 0.245 e. The highest BCUT2D eigenvalue weighted by molar-refractivity contribution is 7.89. The van der Waals surface area contributed by atoms with Crippen molar-refractivity contribution in [1.29, 1.82) is 0 Å². The van der Waals surface area contributed by atoms with Gasteiger partial charge < -0.3 is 5.32 Å². The zero-order valence-corrected chi connectivity index (χ0v) is 18.4. The van der Waals surface area contributed by atoms with E-state index in [1.807, 2.05) is 58.9 Å². The molecule has 0 unspecified atom stereocenters. The number of thiocarbonyl (C=S) groups is 1. The van der Waals surface area contributed by atoms with Gasteiger partial charge in [0.25, 0.3) is 0 Å². The summed E-state index contributed by atoms with van der Waals surface area (Å²) in [6, 6.07) is 10.6. The minimum absolute atomic E-state index is 0.144. The Kier molecular flexibility index (Phi) is 7.34. The van der Waals surface area contributed by atoms with Gasteiger partial charge in [-0.1, -0.05) is 18.2 Å². The van der Waals surface area contributed by atoms with Crippen LogP contribution in [0.15, 0.2) is 47.5 Å². The van der Waals surface area contributed by atoms with Crippen LogP contribution in [0.25, 0.3) is 0 Å². The molecule has 1 aromatic heterocycles. The number of aryl methyl sites for hydroxylation is 1. The van der Waals surface area contributed by atoms with E-state index in [9.17, 15) is 8.42 Å². The summed E-state index contributed by atoms with van der Waals surface area (Å²) in [5.41, 5.74) is 7.67. The summed E-state index contributed by atoms with van der Waals surface area (Å²) in [6.07, 6.45) is 1.34. The first-order valence-corrected chi connectivity index (χ1v) is 10.9. The number of nitrogens with one attached hydrogen (secondary N) is 3. The molecule has 0 aliphatic heterocycles. The van der Waals surface area contributed by atoms with Crippen LogP contribution in [0.2, 0.25) is 0 Å². The number of rotatable bonds is 7. The van der Waals surface area contributed by atoms with Crippen LogP contribution in [0.3, 0.4) is 0 Å². The average molecular weight is 422 g/mol. The molecular weight excluding hydrogens is 394 g/mol. The molecule has 152 valence electrons. The number of anilines is 2. The van der Waals surface area contributed by atoms with Gasteiger partial charge in [-0.15, -0.1) is 0 Å². The van der Waals surface area contributed by atoms with Crippen LogP contribution in [-0.2, 0) is 10.0 Å². The largest absolute Gasteiger partial charge is 0.331 e. The summed E-state index contributed by atoms with van der Waals surface area (Å²) in [7, 11) is -3.61. The molecule has 1 heterocycles. The fraction of sp³-hybridized carbons (Fsp3) is 0.368. The monoisotopic (exact) mass is 421 g/mol. The van der Waals surface area contributed by atoms with Gasteiger partial charge in [0, 0.05) is 24.0 Å². The fourth-order valence-electron chi connectivity index (χ4n) is 2.87. The molecule has 2 aromatic rings. The Morgan fingerprint density at radius 1 is 1.07 bits per heavy atom.